The fourth-order valence-corrected chi connectivity index (χ4v) is 3.13. The normalized spacial score (nSPS) is 16.4. The van der Waals surface area contributed by atoms with E-state index in [1.807, 2.05) is 35.2 Å². The van der Waals surface area contributed by atoms with Crippen LogP contribution < -0.4 is 0 Å². The summed E-state index contributed by atoms with van der Waals surface area (Å²) in [5.74, 6) is 0.210. The smallest absolute Gasteiger partial charge is 0.226 e. The number of unbranched alkanes of at least 4 members (excludes halogenated alkanes) is 4. The Morgan fingerprint density at radius 3 is 2.32 bits per heavy atom. The third-order valence-corrected chi connectivity index (χ3v) is 4.66. The van der Waals surface area contributed by atoms with Gasteiger partial charge in [-0.2, -0.15) is 0 Å². The molecule has 1 amide bonds. The first-order valence-corrected chi connectivity index (χ1v) is 9.80. The van der Waals surface area contributed by atoms with Gasteiger partial charge in [-0.3, -0.25) is 4.79 Å². The lowest BCUT2D eigenvalue weighted by Gasteiger charge is -2.23. The highest BCUT2D eigenvalue weighted by molar-refractivity contribution is 6.01. The molecule has 138 valence electrons. The van der Waals surface area contributed by atoms with Gasteiger partial charge in [0.15, 0.2) is 0 Å². The average Bonchev–Trinajstić information content (AvgIpc) is 3.10. The molecular weight excluding hydrogens is 312 g/mol. The number of carbonyl (C=O) groups excluding carboxylic acids is 1. The molecule has 1 heterocycles. The summed E-state index contributed by atoms with van der Waals surface area (Å²) >= 11 is 0. The van der Waals surface area contributed by atoms with E-state index in [2.05, 4.69) is 19.0 Å². The molecule has 1 aliphatic rings. The first kappa shape index (κ1) is 19.5. The Morgan fingerprint density at radius 2 is 1.72 bits per heavy atom. The topological polar surface area (TPSA) is 41.9 Å². The third-order valence-electron chi connectivity index (χ3n) is 4.66. The molecule has 0 spiro atoms. The Labute approximate surface area is 152 Å². The maximum Gasteiger partial charge on any atom is 0.226 e. The summed E-state index contributed by atoms with van der Waals surface area (Å²) in [7, 11) is 0. The summed E-state index contributed by atoms with van der Waals surface area (Å²) in [6.45, 7) is 6.13. The summed E-state index contributed by atoms with van der Waals surface area (Å²) in [6, 6.07) is 10.1. The molecule has 0 aliphatic carbocycles. The number of hydrogen-bond acceptors (Lipinski definition) is 3. The first-order chi connectivity index (χ1) is 12.2. The van der Waals surface area contributed by atoms with Crippen molar-refractivity contribution >= 4 is 11.6 Å². The highest BCUT2D eigenvalue weighted by Crippen LogP contribution is 2.20. The molecule has 0 radical (unpaired) electrons. The zero-order valence-electron chi connectivity index (χ0n) is 15.7. The van der Waals surface area contributed by atoms with Gasteiger partial charge in [0.2, 0.25) is 5.91 Å². The van der Waals surface area contributed by atoms with Crippen molar-refractivity contribution in [1.29, 1.82) is 0 Å². The standard InChI is InChI=1S/C21H32N2O2/c1-3-5-10-14-23(15-11-6-4-2)21(24)17-19-16-20(22-25-19)18-12-8-7-9-13-18/h7-9,12-13,19H,3-6,10-11,14-17H2,1-2H3. The number of rotatable bonds is 11. The minimum atomic E-state index is -0.123. The zero-order valence-corrected chi connectivity index (χ0v) is 15.7. The van der Waals surface area contributed by atoms with E-state index in [4.69, 9.17) is 4.84 Å². The minimum Gasteiger partial charge on any atom is -0.391 e. The lowest BCUT2D eigenvalue weighted by molar-refractivity contribution is -0.134. The molecular formula is C21H32N2O2. The molecule has 4 nitrogen and oxygen atoms in total. The van der Waals surface area contributed by atoms with Gasteiger partial charge in [-0.05, 0) is 18.4 Å². The van der Waals surface area contributed by atoms with Crippen molar-refractivity contribution in [1.82, 2.24) is 4.90 Å². The van der Waals surface area contributed by atoms with E-state index < -0.39 is 0 Å². The van der Waals surface area contributed by atoms with Crippen LogP contribution in [0.15, 0.2) is 35.5 Å². The van der Waals surface area contributed by atoms with Crippen LogP contribution in [-0.4, -0.2) is 35.7 Å². The van der Waals surface area contributed by atoms with Gasteiger partial charge >= 0.3 is 0 Å². The van der Waals surface area contributed by atoms with Crippen molar-refractivity contribution in [2.45, 2.75) is 71.3 Å². The van der Waals surface area contributed by atoms with Crippen LogP contribution in [-0.2, 0) is 9.63 Å². The van der Waals surface area contributed by atoms with Gasteiger partial charge in [0.25, 0.3) is 0 Å². The molecule has 0 saturated heterocycles. The molecule has 1 atom stereocenters. The van der Waals surface area contributed by atoms with Gasteiger partial charge in [0.05, 0.1) is 12.1 Å². The summed E-state index contributed by atoms with van der Waals surface area (Å²) < 4.78 is 0. The van der Waals surface area contributed by atoms with Crippen molar-refractivity contribution in [3.8, 4) is 0 Å². The molecule has 0 saturated carbocycles. The van der Waals surface area contributed by atoms with Gasteiger partial charge < -0.3 is 9.74 Å². The minimum absolute atomic E-state index is 0.123. The molecule has 0 aromatic heterocycles. The summed E-state index contributed by atoms with van der Waals surface area (Å²) in [6.07, 6.45) is 7.91. The Balaban J connectivity index is 1.83. The molecule has 4 heteroatoms. The van der Waals surface area contributed by atoms with Crippen molar-refractivity contribution in [3.05, 3.63) is 35.9 Å². The van der Waals surface area contributed by atoms with E-state index in [0.29, 0.717) is 12.8 Å². The maximum atomic E-state index is 12.7. The number of nitrogens with zero attached hydrogens (tertiary/aromatic N) is 2. The summed E-state index contributed by atoms with van der Waals surface area (Å²) in [5, 5.41) is 4.20. The van der Waals surface area contributed by atoms with Crippen LogP contribution in [0.25, 0.3) is 0 Å². The molecule has 0 fully saturated rings. The van der Waals surface area contributed by atoms with Crippen LogP contribution >= 0.6 is 0 Å². The molecule has 25 heavy (non-hydrogen) atoms. The van der Waals surface area contributed by atoms with E-state index in [1.165, 1.54) is 25.7 Å². The van der Waals surface area contributed by atoms with E-state index >= 15 is 0 Å². The summed E-state index contributed by atoms with van der Waals surface area (Å²) in [4.78, 5) is 20.3. The average molecular weight is 344 g/mol. The largest absolute Gasteiger partial charge is 0.391 e. The number of oxime groups is 1. The second-order valence-corrected chi connectivity index (χ2v) is 6.83. The Bertz CT molecular complexity index is 532. The number of amides is 1. The molecule has 0 bridgehead atoms. The molecule has 0 N–H and O–H groups in total. The van der Waals surface area contributed by atoms with Gasteiger partial charge in [-0.15, -0.1) is 0 Å². The first-order valence-electron chi connectivity index (χ1n) is 9.80. The van der Waals surface area contributed by atoms with Crippen LogP contribution in [0.4, 0.5) is 0 Å². The van der Waals surface area contributed by atoms with Crippen LogP contribution in [0.3, 0.4) is 0 Å². The predicted molar refractivity (Wildman–Crippen MR) is 103 cm³/mol. The number of benzene rings is 1. The Hall–Kier alpha value is -1.84. The Kier molecular flexibility index (Phi) is 8.50. The van der Waals surface area contributed by atoms with E-state index in [0.717, 1.165) is 37.2 Å². The number of carbonyl (C=O) groups is 1. The fraction of sp³-hybridized carbons (Fsp3) is 0.619. The van der Waals surface area contributed by atoms with Crippen LogP contribution in [0.5, 0.6) is 0 Å². The fourth-order valence-electron chi connectivity index (χ4n) is 3.13. The second-order valence-electron chi connectivity index (χ2n) is 6.83. The molecule has 1 aromatic carbocycles. The SMILES string of the molecule is CCCCCN(CCCCC)C(=O)CC1CC(c2ccccc2)=NO1. The van der Waals surface area contributed by atoms with Crippen molar-refractivity contribution in [3.63, 3.8) is 0 Å². The highest BCUT2D eigenvalue weighted by Gasteiger charge is 2.26. The van der Waals surface area contributed by atoms with Crippen LogP contribution in [0.2, 0.25) is 0 Å². The van der Waals surface area contributed by atoms with Gasteiger partial charge in [0.1, 0.15) is 6.10 Å². The van der Waals surface area contributed by atoms with E-state index in [1.54, 1.807) is 0 Å². The highest BCUT2D eigenvalue weighted by atomic mass is 16.6. The maximum absolute atomic E-state index is 12.7. The van der Waals surface area contributed by atoms with Gasteiger partial charge in [-0.1, -0.05) is 75.0 Å². The monoisotopic (exact) mass is 344 g/mol. The van der Waals surface area contributed by atoms with Crippen LogP contribution in [0, 0.1) is 0 Å². The summed E-state index contributed by atoms with van der Waals surface area (Å²) in [5.41, 5.74) is 2.03. The quantitative estimate of drug-likeness (QED) is 0.542. The Morgan fingerprint density at radius 1 is 1.08 bits per heavy atom. The lowest BCUT2D eigenvalue weighted by atomic mass is 10.0. The van der Waals surface area contributed by atoms with Crippen molar-refractivity contribution in [2.75, 3.05) is 13.1 Å². The molecule has 1 aromatic rings. The zero-order chi connectivity index (χ0) is 17.9. The lowest BCUT2D eigenvalue weighted by Crippen LogP contribution is -2.35. The van der Waals surface area contributed by atoms with Crippen LogP contribution in [0.1, 0.15) is 70.8 Å². The van der Waals surface area contributed by atoms with Gasteiger partial charge in [0, 0.05) is 19.5 Å². The molecule has 1 unspecified atom stereocenters. The molecule has 2 rings (SSSR count). The van der Waals surface area contributed by atoms with Gasteiger partial charge in [-0.25, -0.2) is 0 Å². The predicted octanol–water partition coefficient (Wildman–Crippen LogP) is 4.78. The third kappa shape index (κ3) is 6.52. The second kappa shape index (κ2) is 10.9. The van der Waals surface area contributed by atoms with E-state index in [9.17, 15) is 4.79 Å². The van der Waals surface area contributed by atoms with Crippen molar-refractivity contribution in [2.24, 2.45) is 5.16 Å². The molecule has 1 aliphatic heterocycles. The van der Waals surface area contributed by atoms with Crippen molar-refractivity contribution < 1.29 is 9.63 Å². The van der Waals surface area contributed by atoms with E-state index in [-0.39, 0.29) is 12.0 Å². The number of hydrogen-bond donors (Lipinski definition) is 0.